The van der Waals surface area contributed by atoms with Crippen LogP contribution < -0.4 is 9.80 Å². The molecule has 2 aromatic carbocycles. The zero-order valence-electron chi connectivity index (χ0n) is 14.4. The Hall–Kier alpha value is -3.17. The summed E-state index contributed by atoms with van der Waals surface area (Å²) in [5.74, 6) is 10.4. The van der Waals surface area contributed by atoms with Gasteiger partial charge in [0.15, 0.2) is 0 Å². The highest BCUT2D eigenvalue weighted by atomic mass is 16.1. The summed E-state index contributed by atoms with van der Waals surface area (Å²) in [5, 5.41) is 0. The Balaban J connectivity index is 2.04. The minimum absolute atomic E-state index is 0.386. The van der Waals surface area contributed by atoms with Crippen LogP contribution in [0.3, 0.4) is 0 Å². The van der Waals surface area contributed by atoms with Crippen molar-refractivity contribution >= 4 is 17.2 Å². The maximum Gasteiger partial charge on any atom is 0.279 e. The Kier molecular flexibility index (Phi) is 5.66. The summed E-state index contributed by atoms with van der Waals surface area (Å²) in [6.45, 7) is 0. The molecule has 3 nitrogen and oxygen atoms in total. The lowest BCUT2D eigenvalue weighted by atomic mass is 10.2. The molecular weight excluding hydrogens is 296 g/mol. The maximum absolute atomic E-state index is 11.8. The summed E-state index contributed by atoms with van der Waals surface area (Å²) >= 11 is 0. The summed E-state index contributed by atoms with van der Waals surface area (Å²) in [6, 6.07) is 15.4. The maximum atomic E-state index is 11.8. The zero-order valence-corrected chi connectivity index (χ0v) is 14.4. The molecule has 120 valence electrons. The molecule has 2 rings (SSSR count). The molecule has 2 aromatic rings. The summed E-state index contributed by atoms with van der Waals surface area (Å²) < 4.78 is 0. The summed E-state index contributed by atoms with van der Waals surface area (Å²) in [6.07, 6.45) is 0. The van der Waals surface area contributed by atoms with Gasteiger partial charge >= 0.3 is 0 Å². The zero-order chi connectivity index (χ0) is 17.5. The first-order valence-electron chi connectivity index (χ1n) is 7.58. The van der Waals surface area contributed by atoms with E-state index in [1.165, 1.54) is 0 Å². The average Bonchev–Trinajstić information content (AvgIpc) is 2.58. The SMILES string of the molecule is CN(C)c1ccc(C#CC(=O)C#Cc2ccc(N(C)C)cc2)cc1. The van der Waals surface area contributed by atoms with E-state index < -0.39 is 0 Å². The highest BCUT2D eigenvalue weighted by Crippen LogP contribution is 2.12. The Morgan fingerprint density at radius 1 is 0.667 bits per heavy atom. The van der Waals surface area contributed by atoms with Crippen LogP contribution >= 0.6 is 0 Å². The van der Waals surface area contributed by atoms with E-state index in [2.05, 4.69) is 23.7 Å². The number of carbonyl (C=O) groups excluding carboxylic acids is 1. The predicted octanol–water partition coefficient (Wildman–Crippen LogP) is 2.79. The van der Waals surface area contributed by atoms with E-state index in [0.717, 1.165) is 22.5 Å². The number of benzene rings is 2. The normalized spacial score (nSPS) is 9.17. The summed E-state index contributed by atoms with van der Waals surface area (Å²) in [4.78, 5) is 15.8. The standard InChI is InChI=1S/C21H20N2O/c1-22(2)19-11-5-17(6-12-19)9-15-21(24)16-10-18-7-13-20(14-8-18)23(3)4/h5-8,11-14H,1-4H3. The molecule has 0 unspecified atom stereocenters. The summed E-state index contributed by atoms with van der Waals surface area (Å²) in [5.41, 5.74) is 3.78. The van der Waals surface area contributed by atoms with Gasteiger partial charge in [-0.15, -0.1) is 0 Å². The van der Waals surface area contributed by atoms with Crippen LogP contribution in [0.15, 0.2) is 48.5 Å². The second-order valence-corrected chi connectivity index (χ2v) is 5.71. The van der Waals surface area contributed by atoms with E-state index in [-0.39, 0.29) is 5.78 Å². The van der Waals surface area contributed by atoms with Gasteiger partial charge in [-0.3, -0.25) is 4.79 Å². The van der Waals surface area contributed by atoms with Crippen molar-refractivity contribution < 1.29 is 4.79 Å². The van der Waals surface area contributed by atoms with Crippen LogP contribution in [0.5, 0.6) is 0 Å². The number of hydrogen-bond acceptors (Lipinski definition) is 3. The fourth-order valence-corrected chi connectivity index (χ4v) is 1.97. The first kappa shape index (κ1) is 17.2. The van der Waals surface area contributed by atoms with Crippen LogP contribution in [0.1, 0.15) is 11.1 Å². The summed E-state index contributed by atoms with van der Waals surface area (Å²) in [7, 11) is 7.91. The Morgan fingerprint density at radius 2 is 1.00 bits per heavy atom. The average molecular weight is 316 g/mol. The molecule has 0 aliphatic carbocycles. The van der Waals surface area contributed by atoms with Crippen LogP contribution in [0.25, 0.3) is 0 Å². The van der Waals surface area contributed by atoms with E-state index in [4.69, 9.17) is 0 Å². The van der Waals surface area contributed by atoms with Crippen molar-refractivity contribution in [3.63, 3.8) is 0 Å². The van der Waals surface area contributed by atoms with Crippen LogP contribution in [0.4, 0.5) is 11.4 Å². The van der Waals surface area contributed by atoms with Gasteiger partial charge in [0.05, 0.1) is 0 Å². The third-order valence-electron chi connectivity index (χ3n) is 3.41. The smallest absolute Gasteiger partial charge is 0.279 e. The number of ketones is 1. The monoisotopic (exact) mass is 316 g/mol. The van der Waals surface area contributed by atoms with Crippen LogP contribution in [0, 0.1) is 23.7 Å². The van der Waals surface area contributed by atoms with Crippen molar-refractivity contribution in [3.05, 3.63) is 59.7 Å². The fourth-order valence-electron chi connectivity index (χ4n) is 1.97. The molecule has 0 aromatic heterocycles. The van der Waals surface area contributed by atoms with Crippen LogP contribution in [-0.4, -0.2) is 34.0 Å². The van der Waals surface area contributed by atoms with E-state index in [1.807, 2.05) is 86.5 Å². The third-order valence-corrected chi connectivity index (χ3v) is 3.41. The molecule has 0 aliphatic rings. The van der Waals surface area contributed by atoms with Crippen molar-refractivity contribution in [2.24, 2.45) is 0 Å². The number of hydrogen-bond donors (Lipinski definition) is 0. The van der Waals surface area contributed by atoms with Gasteiger partial charge in [-0.05, 0) is 60.4 Å². The molecule has 0 bridgehead atoms. The van der Waals surface area contributed by atoms with Gasteiger partial charge in [0.2, 0.25) is 0 Å². The molecule has 0 N–H and O–H groups in total. The van der Waals surface area contributed by atoms with Gasteiger partial charge in [-0.25, -0.2) is 0 Å². The topological polar surface area (TPSA) is 23.6 Å². The molecule has 0 spiro atoms. The second-order valence-electron chi connectivity index (χ2n) is 5.71. The molecule has 3 heteroatoms. The lowest BCUT2D eigenvalue weighted by Gasteiger charge is -2.11. The molecule has 0 aliphatic heterocycles. The van der Waals surface area contributed by atoms with Gasteiger partial charge in [-0.2, -0.15) is 0 Å². The van der Waals surface area contributed by atoms with Gasteiger partial charge < -0.3 is 9.80 Å². The highest BCUT2D eigenvalue weighted by Gasteiger charge is 1.95. The Morgan fingerprint density at radius 3 is 1.29 bits per heavy atom. The molecule has 0 saturated carbocycles. The Labute approximate surface area is 143 Å². The first-order chi connectivity index (χ1) is 11.5. The number of Topliss-reactive ketones (excluding diaryl/α,β-unsaturated/α-hetero) is 1. The quantitative estimate of drug-likeness (QED) is 0.796. The van der Waals surface area contributed by atoms with Crippen molar-refractivity contribution in [3.8, 4) is 23.7 Å². The predicted molar refractivity (Wildman–Crippen MR) is 100 cm³/mol. The van der Waals surface area contributed by atoms with Crippen molar-refractivity contribution in [1.82, 2.24) is 0 Å². The molecule has 24 heavy (non-hydrogen) atoms. The van der Waals surface area contributed by atoms with E-state index in [9.17, 15) is 4.79 Å². The van der Waals surface area contributed by atoms with Crippen LogP contribution in [-0.2, 0) is 4.79 Å². The van der Waals surface area contributed by atoms with E-state index in [1.54, 1.807) is 0 Å². The third kappa shape index (κ3) is 4.93. The van der Waals surface area contributed by atoms with Gasteiger partial charge in [0, 0.05) is 50.7 Å². The molecule has 0 heterocycles. The van der Waals surface area contributed by atoms with Crippen molar-refractivity contribution in [2.45, 2.75) is 0 Å². The minimum Gasteiger partial charge on any atom is -0.378 e. The number of carbonyl (C=O) groups is 1. The molecular formula is C21H20N2O. The fraction of sp³-hybridized carbons (Fsp3) is 0.190. The van der Waals surface area contributed by atoms with Crippen LogP contribution in [0.2, 0.25) is 0 Å². The highest BCUT2D eigenvalue weighted by molar-refractivity contribution is 6.09. The lowest BCUT2D eigenvalue weighted by molar-refractivity contribution is -0.108. The molecule has 0 radical (unpaired) electrons. The van der Waals surface area contributed by atoms with Gasteiger partial charge in [-0.1, -0.05) is 11.8 Å². The van der Waals surface area contributed by atoms with E-state index >= 15 is 0 Å². The van der Waals surface area contributed by atoms with E-state index in [0.29, 0.717) is 0 Å². The second kappa shape index (κ2) is 7.90. The Bertz CT molecular complexity index is 752. The number of anilines is 2. The lowest BCUT2D eigenvalue weighted by Crippen LogP contribution is -2.07. The molecule has 0 atom stereocenters. The molecule has 0 fully saturated rings. The first-order valence-corrected chi connectivity index (χ1v) is 7.58. The van der Waals surface area contributed by atoms with Gasteiger partial charge in [0.1, 0.15) is 0 Å². The number of nitrogens with zero attached hydrogens (tertiary/aromatic N) is 2. The minimum atomic E-state index is -0.386. The van der Waals surface area contributed by atoms with Crippen molar-refractivity contribution in [2.75, 3.05) is 38.0 Å². The number of rotatable bonds is 2. The van der Waals surface area contributed by atoms with Crippen molar-refractivity contribution in [1.29, 1.82) is 0 Å². The molecule has 0 amide bonds. The molecule has 0 saturated heterocycles. The van der Waals surface area contributed by atoms with Gasteiger partial charge in [0.25, 0.3) is 5.78 Å². The largest absolute Gasteiger partial charge is 0.378 e.